The summed E-state index contributed by atoms with van der Waals surface area (Å²) in [7, 11) is 2.95. The number of ether oxygens (including phenoxy) is 2. The van der Waals surface area contributed by atoms with E-state index in [1.165, 1.54) is 19.1 Å². The van der Waals surface area contributed by atoms with E-state index in [-0.39, 0.29) is 29.5 Å². The van der Waals surface area contributed by atoms with Gasteiger partial charge in [-0.05, 0) is 50.6 Å². The van der Waals surface area contributed by atoms with E-state index < -0.39 is 11.4 Å². The summed E-state index contributed by atoms with van der Waals surface area (Å²) in [5, 5.41) is 3.44. The Balaban J connectivity index is 1.71. The van der Waals surface area contributed by atoms with Crippen LogP contribution in [0.5, 0.6) is 11.9 Å². The zero-order chi connectivity index (χ0) is 27.6. The maximum atomic E-state index is 14.3. The number of rotatable bonds is 5. The number of anilines is 2. The number of amides is 2. The Morgan fingerprint density at radius 2 is 1.85 bits per heavy atom. The number of benzene rings is 2. The van der Waals surface area contributed by atoms with Gasteiger partial charge in [0.1, 0.15) is 5.82 Å². The van der Waals surface area contributed by atoms with Crippen LogP contribution in [0.3, 0.4) is 0 Å². The molecular formula is C28H25ClN6O4. The number of methoxy groups -OCH3 is 2. The van der Waals surface area contributed by atoms with Gasteiger partial charge in [0.2, 0.25) is 5.88 Å². The molecule has 2 amide bonds. The fourth-order valence-electron chi connectivity index (χ4n) is 5.55. The lowest BCUT2D eigenvalue weighted by atomic mass is 9.87. The summed E-state index contributed by atoms with van der Waals surface area (Å²) in [4.78, 5) is 43.5. The van der Waals surface area contributed by atoms with Crippen LogP contribution in [0.2, 0.25) is 5.02 Å². The third kappa shape index (κ3) is 3.37. The minimum atomic E-state index is -1.53. The first-order valence-electron chi connectivity index (χ1n) is 12.3. The number of halogens is 1. The van der Waals surface area contributed by atoms with Gasteiger partial charge in [-0.2, -0.15) is 4.98 Å². The molecule has 198 valence electrons. The normalized spacial score (nSPS) is 17.6. The Morgan fingerprint density at radius 1 is 1.05 bits per heavy atom. The highest BCUT2D eigenvalue weighted by atomic mass is 35.5. The Morgan fingerprint density at radius 3 is 2.54 bits per heavy atom. The van der Waals surface area contributed by atoms with Gasteiger partial charge in [-0.15, -0.1) is 0 Å². The van der Waals surface area contributed by atoms with Crippen LogP contribution < -0.4 is 19.7 Å². The molecule has 0 fully saturated rings. The molecule has 0 saturated heterocycles. The third-order valence-electron chi connectivity index (χ3n) is 7.07. The highest BCUT2D eigenvalue weighted by Crippen LogP contribution is 2.54. The van der Waals surface area contributed by atoms with Gasteiger partial charge in [-0.25, -0.2) is 9.97 Å². The standard InChI is InChI=1S/C28H25ClN6O4/c1-14(2)34-22-21(32-23(34)18-13-30-27(39-5)33-24(18)38-4)25(36)35(17-8-6-7-15(3)11-17)28(22)19-10-9-16(29)12-20(19)31-26(28)37/h6-14H,1-5H3,(H,31,37)/t28-/m0/s1. The first-order valence-corrected chi connectivity index (χ1v) is 12.7. The van der Waals surface area contributed by atoms with Crippen molar-refractivity contribution >= 4 is 34.8 Å². The van der Waals surface area contributed by atoms with Crippen LogP contribution in [0.1, 0.15) is 47.2 Å². The molecule has 2 aromatic carbocycles. The van der Waals surface area contributed by atoms with Crippen molar-refractivity contribution in [3.8, 4) is 23.3 Å². The van der Waals surface area contributed by atoms with E-state index in [0.717, 1.165) is 5.56 Å². The molecule has 39 heavy (non-hydrogen) atoms. The Labute approximate surface area is 229 Å². The third-order valence-corrected chi connectivity index (χ3v) is 7.30. The van der Waals surface area contributed by atoms with E-state index in [1.54, 1.807) is 24.4 Å². The van der Waals surface area contributed by atoms with Crippen LogP contribution in [0, 0.1) is 6.92 Å². The van der Waals surface area contributed by atoms with Crippen LogP contribution in [0.4, 0.5) is 11.4 Å². The van der Waals surface area contributed by atoms with Gasteiger partial charge in [0.25, 0.3) is 11.8 Å². The second-order valence-corrected chi connectivity index (χ2v) is 10.1. The molecule has 1 N–H and O–H groups in total. The number of nitrogens with one attached hydrogen (secondary N) is 1. The predicted molar refractivity (Wildman–Crippen MR) is 146 cm³/mol. The topological polar surface area (TPSA) is 111 Å². The van der Waals surface area contributed by atoms with E-state index in [4.69, 9.17) is 26.1 Å². The molecule has 6 rings (SSSR count). The molecule has 0 saturated carbocycles. The lowest BCUT2D eigenvalue weighted by molar-refractivity contribution is -0.119. The van der Waals surface area contributed by atoms with Crippen LogP contribution in [-0.4, -0.2) is 45.6 Å². The fourth-order valence-corrected chi connectivity index (χ4v) is 5.72. The van der Waals surface area contributed by atoms with Crippen LogP contribution in [0.25, 0.3) is 11.4 Å². The first-order chi connectivity index (χ1) is 18.7. The first kappa shape index (κ1) is 24.9. The Bertz CT molecular complexity index is 1680. The fraction of sp³-hybridized carbons (Fsp3) is 0.250. The van der Waals surface area contributed by atoms with Crippen molar-refractivity contribution < 1.29 is 19.1 Å². The van der Waals surface area contributed by atoms with E-state index >= 15 is 0 Å². The largest absolute Gasteiger partial charge is 0.480 e. The number of aryl methyl sites for hydroxylation is 1. The van der Waals surface area contributed by atoms with Crippen molar-refractivity contribution in [2.75, 3.05) is 24.4 Å². The number of imidazole rings is 1. The molecule has 0 aliphatic carbocycles. The Kier molecular flexibility index (Phi) is 5.62. The van der Waals surface area contributed by atoms with Crippen LogP contribution in [-0.2, 0) is 10.3 Å². The number of aromatic nitrogens is 4. The second kappa shape index (κ2) is 8.81. The quantitative estimate of drug-likeness (QED) is 0.385. The van der Waals surface area contributed by atoms with Gasteiger partial charge in [0, 0.05) is 34.2 Å². The highest BCUT2D eigenvalue weighted by Gasteiger charge is 2.64. The van der Waals surface area contributed by atoms with Gasteiger partial charge in [0.15, 0.2) is 11.2 Å². The van der Waals surface area contributed by atoms with E-state index in [9.17, 15) is 9.59 Å². The molecule has 0 radical (unpaired) electrons. The lowest BCUT2D eigenvalue weighted by Crippen LogP contribution is -2.51. The summed E-state index contributed by atoms with van der Waals surface area (Å²) in [6.45, 7) is 5.86. The van der Waals surface area contributed by atoms with Gasteiger partial charge in [0.05, 0.1) is 25.5 Å². The summed E-state index contributed by atoms with van der Waals surface area (Å²) in [6.07, 6.45) is 1.54. The molecule has 10 nitrogen and oxygen atoms in total. The zero-order valence-electron chi connectivity index (χ0n) is 21.9. The summed E-state index contributed by atoms with van der Waals surface area (Å²) >= 11 is 6.31. The highest BCUT2D eigenvalue weighted by molar-refractivity contribution is 6.31. The molecule has 0 bridgehead atoms. The number of nitrogens with zero attached hydrogens (tertiary/aromatic N) is 5. The predicted octanol–water partition coefficient (Wildman–Crippen LogP) is 4.76. The van der Waals surface area contributed by atoms with Crippen molar-refractivity contribution in [1.82, 2.24) is 19.5 Å². The van der Waals surface area contributed by atoms with Crippen molar-refractivity contribution in [3.63, 3.8) is 0 Å². The molecule has 2 aliphatic rings. The number of carbonyl (C=O) groups excluding carboxylic acids is 2. The Hall–Kier alpha value is -4.44. The molecule has 2 aliphatic heterocycles. The number of carbonyl (C=O) groups is 2. The summed E-state index contributed by atoms with van der Waals surface area (Å²) in [5.41, 5.74) is 2.22. The minimum Gasteiger partial charge on any atom is -0.480 e. The maximum absolute atomic E-state index is 14.3. The van der Waals surface area contributed by atoms with Crippen LogP contribution in [0.15, 0.2) is 48.7 Å². The van der Waals surface area contributed by atoms with Crippen molar-refractivity contribution in [3.05, 3.63) is 76.2 Å². The van der Waals surface area contributed by atoms with Gasteiger partial charge in [-0.1, -0.05) is 29.8 Å². The average molecular weight is 545 g/mol. The summed E-state index contributed by atoms with van der Waals surface area (Å²) in [5.74, 6) is -0.142. The zero-order valence-corrected chi connectivity index (χ0v) is 22.7. The van der Waals surface area contributed by atoms with E-state index in [0.29, 0.717) is 39.0 Å². The van der Waals surface area contributed by atoms with Crippen molar-refractivity contribution in [1.29, 1.82) is 0 Å². The molecule has 1 atom stereocenters. The molecular weight excluding hydrogens is 520 g/mol. The lowest BCUT2D eigenvalue weighted by Gasteiger charge is -2.35. The van der Waals surface area contributed by atoms with E-state index in [2.05, 4.69) is 15.3 Å². The average Bonchev–Trinajstić information content (AvgIpc) is 3.52. The van der Waals surface area contributed by atoms with Crippen LogP contribution >= 0.6 is 11.6 Å². The second-order valence-electron chi connectivity index (χ2n) is 9.71. The number of fused-ring (bicyclic) bond motifs is 4. The summed E-state index contributed by atoms with van der Waals surface area (Å²) in [6, 6.07) is 12.6. The monoisotopic (exact) mass is 544 g/mol. The number of hydrogen-bond donors (Lipinski definition) is 1. The summed E-state index contributed by atoms with van der Waals surface area (Å²) < 4.78 is 12.6. The number of hydrogen-bond acceptors (Lipinski definition) is 7. The van der Waals surface area contributed by atoms with E-state index in [1.807, 2.05) is 49.6 Å². The maximum Gasteiger partial charge on any atom is 0.319 e. The smallest absolute Gasteiger partial charge is 0.319 e. The molecule has 1 spiro atoms. The molecule has 2 aromatic heterocycles. The molecule has 4 heterocycles. The minimum absolute atomic E-state index is 0.130. The van der Waals surface area contributed by atoms with Gasteiger partial charge < -0.3 is 19.4 Å². The van der Waals surface area contributed by atoms with Crippen molar-refractivity contribution in [2.24, 2.45) is 0 Å². The molecule has 4 aromatic rings. The molecule has 11 heteroatoms. The van der Waals surface area contributed by atoms with Gasteiger partial charge >= 0.3 is 6.01 Å². The van der Waals surface area contributed by atoms with Gasteiger partial charge in [-0.3, -0.25) is 14.5 Å². The molecule has 0 unspecified atom stereocenters. The van der Waals surface area contributed by atoms with Crippen molar-refractivity contribution in [2.45, 2.75) is 32.4 Å². The SMILES string of the molecule is COc1ncc(-c2nc3c(n2C(C)C)[C@@]2(C(=O)Nc4cc(Cl)ccc42)N(c2cccc(C)c2)C3=O)c(OC)n1.